The Hall–Kier alpha value is -1.15. The third-order valence-electron chi connectivity index (χ3n) is 3.28. The van der Waals surface area contributed by atoms with Crippen molar-refractivity contribution in [2.24, 2.45) is 0 Å². The minimum Gasteiger partial charge on any atom is -0.478 e. The average molecular weight is 320 g/mol. The number of carboxylic acids is 1. The number of aliphatic hydroxyl groups excluding tert-OH is 1. The van der Waals surface area contributed by atoms with Gasteiger partial charge in [-0.15, -0.1) is 0 Å². The fourth-order valence-corrected chi connectivity index (χ4v) is 3.96. The lowest BCUT2D eigenvalue weighted by Gasteiger charge is -2.31. The third kappa shape index (κ3) is 2.95. The average Bonchev–Trinajstić information content (AvgIpc) is 2.29. The summed E-state index contributed by atoms with van der Waals surface area (Å²) in [4.78, 5) is 10.9. The van der Waals surface area contributed by atoms with Crippen LogP contribution in [0.4, 0.5) is 0 Å². The molecule has 0 saturated heterocycles. The molecule has 1 aliphatic rings. The van der Waals surface area contributed by atoms with Gasteiger partial charge in [-0.3, -0.25) is 0 Å². The molecule has 0 spiro atoms. The van der Waals surface area contributed by atoms with Gasteiger partial charge in [0.1, 0.15) is 0 Å². The van der Waals surface area contributed by atoms with Crippen LogP contribution < -0.4 is 4.72 Å². The Balaban J connectivity index is 2.38. The molecule has 6 nitrogen and oxygen atoms in total. The minimum absolute atomic E-state index is 0.0435. The Labute approximate surface area is 121 Å². The lowest BCUT2D eigenvalue weighted by molar-refractivity contribution is 0.0694. The van der Waals surface area contributed by atoms with Crippen molar-refractivity contribution in [1.82, 2.24) is 4.72 Å². The summed E-state index contributed by atoms with van der Waals surface area (Å²) in [7, 11) is -3.86. The highest BCUT2D eigenvalue weighted by atomic mass is 35.5. The number of carbonyl (C=O) groups is 1. The predicted molar refractivity (Wildman–Crippen MR) is 72.5 cm³/mol. The molecule has 1 saturated carbocycles. The summed E-state index contributed by atoms with van der Waals surface area (Å²) in [6.45, 7) is 1.42. The molecule has 3 N–H and O–H groups in total. The molecule has 8 heteroatoms. The Morgan fingerprint density at radius 3 is 2.50 bits per heavy atom. The summed E-state index contributed by atoms with van der Waals surface area (Å²) in [6.07, 6.45) is 0.215. The number of aliphatic hydroxyl groups is 1. The number of sulfonamides is 1. The van der Waals surface area contributed by atoms with Gasteiger partial charge in [-0.2, -0.15) is 0 Å². The molecule has 0 unspecified atom stereocenters. The summed E-state index contributed by atoms with van der Waals surface area (Å²) in [5.41, 5.74) is -0.0132. The van der Waals surface area contributed by atoms with E-state index >= 15 is 0 Å². The van der Waals surface area contributed by atoms with Gasteiger partial charge in [-0.1, -0.05) is 11.6 Å². The van der Waals surface area contributed by atoms with Gasteiger partial charge < -0.3 is 10.2 Å². The second kappa shape index (κ2) is 5.33. The Kier molecular flexibility index (Phi) is 4.06. The van der Waals surface area contributed by atoms with Gasteiger partial charge >= 0.3 is 5.97 Å². The van der Waals surface area contributed by atoms with E-state index in [2.05, 4.69) is 4.72 Å². The maximum atomic E-state index is 12.2. The second-order valence-electron chi connectivity index (χ2n) is 4.83. The molecule has 110 valence electrons. The van der Waals surface area contributed by atoms with Crippen molar-refractivity contribution in [1.29, 1.82) is 0 Å². The molecule has 0 radical (unpaired) electrons. The molecule has 1 fully saturated rings. The van der Waals surface area contributed by atoms with Crippen LogP contribution in [0.3, 0.4) is 0 Å². The lowest BCUT2D eigenvalue weighted by atomic mass is 9.91. The van der Waals surface area contributed by atoms with Crippen molar-refractivity contribution in [3.8, 4) is 0 Å². The first kappa shape index (κ1) is 15.2. The molecule has 0 aliphatic heterocycles. The van der Waals surface area contributed by atoms with Crippen molar-refractivity contribution < 1.29 is 23.4 Å². The van der Waals surface area contributed by atoms with E-state index in [9.17, 15) is 13.2 Å². The predicted octanol–water partition coefficient (Wildman–Crippen LogP) is 1.15. The van der Waals surface area contributed by atoms with E-state index in [1.54, 1.807) is 0 Å². The summed E-state index contributed by atoms with van der Waals surface area (Å²) in [5.74, 6) is -1.24. The van der Waals surface area contributed by atoms with Gasteiger partial charge in [0.25, 0.3) is 0 Å². The molecular formula is C12H14ClNO5S. The van der Waals surface area contributed by atoms with Crippen LogP contribution in [0.5, 0.6) is 0 Å². The molecule has 0 heterocycles. The van der Waals surface area contributed by atoms with Gasteiger partial charge in [-0.25, -0.2) is 17.9 Å². The molecular weight excluding hydrogens is 306 g/mol. The standard InChI is InChI=1S/C12H14ClNO5S/c1-6-10(12(16)17)2-7(13)3-11(6)20(18,19)14-8-4-9(15)5-8/h2-3,8-9,14-15H,4-5H2,1H3,(H,16,17). The van der Waals surface area contributed by atoms with Crippen molar-refractivity contribution in [2.45, 2.75) is 36.8 Å². The Bertz CT molecular complexity index is 652. The number of hydrogen-bond acceptors (Lipinski definition) is 4. The molecule has 1 aliphatic carbocycles. The van der Waals surface area contributed by atoms with Crippen LogP contribution in [-0.2, 0) is 10.0 Å². The molecule has 0 bridgehead atoms. The maximum absolute atomic E-state index is 12.2. The van der Waals surface area contributed by atoms with E-state index < -0.39 is 22.1 Å². The lowest BCUT2D eigenvalue weighted by Crippen LogP contribution is -2.46. The van der Waals surface area contributed by atoms with E-state index in [4.69, 9.17) is 21.8 Å². The third-order valence-corrected chi connectivity index (χ3v) is 5.14. The number of benzene rings is 1. The van der Waals surface area contributed by atoms with Gasteiger partial charge in [0.05, 0.1) is 16.6 Å². The van der Waals surface area contributed by atoms with Gasteiger partial charge in [-0.05, 0) is 37.5 Å². The van der Waals surface area contributed by atoms with Gasteiger partial charge in [0, 0.05) is 11.1 Å². The van der Waals surface area contributed by atoms with E-state index in [0.29, 0.717) is 12.8 Å². The normalized spacial score (nSPS) is 22.4. The van der Waals surface area contributed by atoms with Crippen LogP contribution >= 0.6 is 11.6 Å². The summed E-state index contributed by atoms with van der Waals surface area (Å²) in [6, 6.07) is 2.10. The number of nitrogens with one attached hydrogen (secondary N) is 1. The van der Waals surface area contributed by atoms with Crippen LogP contribution in [0.15, 0.2) is 17.0 Å². The van der Waals surface area contributed by atoms with Crippen LogP contribution in [-0.4, -0.2) is 36.7 Å². The number of aromatic carboxylic acids is 1. The summed E-state index contributed by atoms with van der Waals surface area (Å²) < 4.78 is 26.9. The Morgan fingerprint density at radius 1 is 1.40 bits per heavy atom. The molecule has 0 amide bonds. The highest BCUT2D eigenvalue weighted by Gasteiger charge is 2.32. The van der Waals surface area contributed by atoms with Crippen molar-refractivity contribution in [3.63, 3.8) is 0 Å². The van der Waals surface area contributed by atoms with Crippen LogP contribution in [0.25, 0.3) is 0 Å². The topological polar surface area (TPSA) is 104 Å². The number of rotatable bonds is 4. The molecule has 1 aromatic carbocycles. The molecule has 0 aromatic heterocycles. The zero-order valence-electron chi connectivity index (χ0n) is 10.6. The zero-order chi connectivity index (χ0) is 15.1. The number of hydrogen-bond donors (Lipinski definition) is 3. The SMILES string of the molecule is Cc1c(C(=O)O)cc(Cl)cc1S(=O)(=O)NC1CC(O)C1. The molecule has 2 rings (SSSR count). The van der Waals surface area contributed by atoms with E-state index in [-0.39, 0.29) is 27.1 Å². The fourth-order valence-electron chi connectivity index (χ4n) is 2.12. The summed E-state index contributed by atoms with van der Waals surface area (Å²) in [5, 5.41) is 18.3. The highest BCUT2D eigenvalue weighted by Crippen LogP contribution is 2.27. The zero-order valence-corrected chi connectivity index (χ0v) is 12.2. The molecule has 1 aromatic rings. The Morgan fingerprint density at radius 2 is 2.00 bits per heavy atom. The second-order valence-corrected chi connectivity index (χ2v) is 6.94. The van der Waals surface area contributed by atoms with Crippen molar-refractivity contribution in [3.05, 3.63) is 28.3 Å². The van der Waals surface area contributed by atoms with Crippen LogP contribution in [0.2, 0.25) is 5.02 Å². The monoisotopic (exact) mass is 319 g/mol. The quantitative estimate of drug-likeness (QED) is 0.772. The largest absolute Gasteiger partial charge is 0.478 e. The molecule has 20 heavy (non-hydrogen) atoms. The van der Waals surface area contributed by atoms with E-state index in [0.717, 1.165) is 0 Å². The van der Waals surface area contributed by atoms with Crippen molar-refractivity contribution in [2.75, 3.05) is 0 Å². The fraction of sp³-hybridized carbons (Fsp3) is 0.417. The number of carboxylic acid groups (broad SMARTS) is 1. The first-order valence-corrected chi connectivity index (χ1v) is 7.80. The minimum atomic E-state index is -3.86. The first-order valence-electron chi connectivity index (χ1n) is 5.94. The van der Waals surface area contributed by atoms with E-state index in [1.807, 2.05) is 0 Å². The maximum Gasteiger partial charge on any atom is 0.336 e. The van der Waals surface area contributed by atoms with E-state index in [1.165, 1.54) is 19.1 Å². The van der Waals surface area contributed by atoms with Crippen molar-refractivity contribution >= 4 is 27.6 Å². The van der Waals surface area contributed by atoms with Crippen LogP contribution in [0, 0.1) is 6.92 Å². The van der Waals surface area contributed by atoms with Crippen LogP contribution in [0.1, 0.15) is 28.8 Å². The summed E-state index contributed by atoms with van der Waals surface area (Å²) >= 11 is 5.78. The van der Waals surface area contributed by atoms with Gasteiger partial charge in [0.15, 0.2) is 0 Å². The van der Waals surface area contributed by atoms with Gasteiger partial charge in [0.2, 0.25) is 10.0 Å². The molecule has 0 atom stereocenters. The highest BCUT2D eigenvalue weighted by molar-refractivity contribution is 7.89. The number of halogens is 1. The first-order chi connectivity index (χ1) is 9.20. The smallest absolute Gasteiger partial charge is 0.336 e.